The van der Waals surface area contributed by atoms with Crippen molar-refractivity contribution in [3.8, 4) is 0 Å². The third-order valence-electron chi connectivity index (χ3n) is 2.51. The summed E-state index contributed by atoms with van der Waals surface area (Å²) in [4.78, 5) is -0.518. The van der Waals surface area contributed by atoms with Gasteiger partial charge in [0, 0.05) is 19.1 Å². The van der Waals surface area contributed by atoms with Gasteiger partial charge in [0.2, 0.25) is 0 Å². The average molecular weight is 503 g/mol. The number of nitrogen functional groups attached to an aromatic ring is 1. The van der Waals surface area contributed by atoms with Crippen molar-refractivity contribution in [1.82, 2.24) is 0 Å². The zero-order valence-electron chi connectivity index (χ0n) is 10.2. The zero-order chi connectivity index (χ0) is 15.8. The first kappa shape index (κ1) is 16.7. The van der Waals surface area contributed by atoms with Gasteiger partial charge in [-0.15, -0.1) is 0 Å². The van der Waals surface area contributed by atoms with Gasteiger partial charge in [0.05, 0.1) is 5.69 Å². The number of sulfonamides is 1. The van der Waals surface area contributed by atoms with Crippen LogP contribution in [0.3, 0.4) is 0 Å². The summed E-state index contributed by atoms with van der Waals surface area (Å²) in [5.74, 6) is -0.894. The molecule has 0 atom stereocenters. The number of nitrogens with two attached hydrogens (primary N) is 1. The Kier molecular flexibility index (Phi) is 4.96. The van der Waals surface area contributed by atoms with Gasteiger partial charge in [-0.1, -0.05) is 15.9 Å². The third-order valence-corrected chi connectivity index (χ3v) is 5.77. The molecular formula is C12H8Br3FN2O2S. The highest BCUT2D eigenvalue weighted by molar-refractivity contribution is 9.11. The van der Waals surface area contributed by atoms with Gasteiger partial charge in [-0.3, -0.25) is 4.72 Å². The Morgan fingerprint density at radius 3 is 2.38 bits per heavy atom. The number of nitrogens with one attached hydrogen (secondary N) is 1. The maximum Gasteiger partial charge on any atom is 0.264 e. The molecule has 0 bridgehead atoms. The number of anilines is 2. The van der Waals surface area contributed by atoms with Gasteiger partial charge >= 0.3 is 0 Å². The van der Waals surface area contributed by atoms with Gasteiger partial charge in [0.15, 0.2) is 0 Å². The summed E-state index contributed by atoms with van der Waals surface area (Å²) in [6.45, 7) is 0. The Hall–Kier alpha value is -0.640. The van der Waals surface area contributed by atoms with Crippen LogP contribution in [0.5, 0.6) is 0 Å². The van der Waals surface area contributed by atoms with Crippen LogP contribution in [-0.2, 0) is 10.0 Å². The molecule has 21 heavy (non-hydrogen) atoms. The van der Waals surface area contributed by atoms with E-state index in [0.29, 0.717) is 13.4 Å². The molecule has 0 saturated heterocycles. The van der Waals surface area contributed by atoms with E-state index < -0.39 is 20.7 Å². The van der Waals surface area contributed by atoms with Crippen LogP contribution in [0, 0.1) is 5.82 Å². The van der Waals surface area contributed by atoms with Crippen LogP contribution in [0.2, 0.25) is 0 Å². The van der Waals surface area contributed by atoms with E-state index in [1.165, 1.54) is 0 Å². The van der Waals surface area contributed by atoms with Gasteiger partial charge in [-0.05, 0) is 62.2 Å². The Morgan fingerprint density at radius 2 is 1.71 bits per heavy atom. The van der Waals surface area contributed by atoms with E-state index in [-0.39, 0.29) is 11.4 Å². The first-order valence-corrected chi connectivity index (χ1v) is 9.29. The molecule has 2 aromatic carbocycles. The lowest BCUT2D eigenvalue weighted by Gasteiger charge is -2.12. The summed E-state index contributed by atoms with van der Waals surface area (Å²) in [5, 5.41) is 0. The molecule has 0 radical (unpaired) electrons. The van der Waals surface area contributed by atoms with Crippen molar-refractivity contribution in [2.45, 2.75) is 4.90 Å². The summed E-state index contributed by atoms with van der Waals surface area (Å²) in [7, 11) is -4.10. The Morgan fingerprint density at radius 1 is 1.05 bits per heavy atom. The first-order valence-electron chi connectivity index (χ1n) is 5.43. The minimum absolute atomic E-state index is 0.130. The summed E-state index contributed by atoms with van der Waals surface area (Å²) in [6, 6.07) is 7.03. The number of benzene rings is 2. The fourth-order valence-electron chi connectivity index (χ4n) is 1.53. The highest BCUT2D eigenvalue weighted by atomic mass is 79.9. The largest absolute Gasteiger partial charge is 0.398 e. The topological polar surface area (TPSA) is 72.2 Å². The van der Waals surface area contributed by atoms with E-state index in [0.717, 1.165) is 12.1 Å². The van der Waals surface area contributed by atoms with Crippen LogP contribution in [0.4, 0.5) is 15.8 Å². The SMILES string of the molecule is Nc1cc(S(=O)(=O)Nc2cc(Br)ccc2Br)c(F)cc1Br. The van der Waals surface area contributed by atoms with E-state index in [9.17, 15) is 12.8 Å². The second-order valence-corrected chi connectivity index (χ2v) is 8.31. The fourth-order valence-corrected chi connectivity index (χ4v) is 3.85. The Balaban J connectivity index is 2.48. The molecule has 0 amide bonds. The molecule has 0 heterocycles. The highest BCUT2D eigenvalue weighted by Gasteiger charge is 2.21. The fraction of sp³-hybridized carbons (Fsp3) is 0. The molecule has 112 valence electrons. The van der Waals surface area contributed by atoms with E-state index in [4.69, 9.17) is 5.73 Å². The van der Waals surface area contributed by atoms with Crippen LogP contribution in [0.25, 0.3) is 0 Å². The van der Waals surface area contributed by atoms with E-state index >= 15 is 0 Å². The van der Waals surface area contributed by atoms with Crippen LogP contribution < -0.4 is 10.5 Å². The minimum Gasteiger partial charge on any atom is -0.398 e. The Bertz CT molecular complexity index is 812. The molecule has 0 aliphatic carbocycles. The van der Waals surface area contributed by atoms with Crippen LogP contribution in [0.15, 0.2) is 48.6 Å². The highest BCUT2D eigenvalue weighted by Crippen LogP contribution is 2.31. The number of hydrogen-bond acceptors (Lipinski definition) is 3. The quantitative estimate of drug-likeness (QED) is 0.607. The van der Waals surface area contributed by atoms with Crippen molar-refractivity contribution in [3.05, 3.63) is 49.6 Å². The second kappa shape index (κ2) is 6.23. The molecule has 0 saturated carbocycles. The Labute approximate surface area is 146 Å². The minimum atomic E-state index is -4.10. The predicted octanol–water partition coefficient (Wildman–Crippen LogP) is 4.50. The van der Waals surface area contributed by atoms with E-state index in [2.05, 4.69) is 52.5 Å². The van der Waals surface area contributed by atoms with Gasteiger partial charge in [-0.2, -0.15) is 0 Å². The summed E-state index contributed by atoms with van der Waals surface area (Å²) >= 11 is 9.51. The van der Waals surface area contributed by atoms with Crippen molar-refractivity contribution in [2.24, 2.45) is 0 Å². The molecule has 0 aromatic heterocycles. The van der Waals surface area contributed by atoms with Crippen molar-refractivity contribution in [2.75, 3.05) is 10.5 Å². The van der Waals surface area contributed by atoms with Gasteiger partial charge in [0.25, 0.3) is 10.0 Å². The van der Waals surface area contributed by atoms with Gasteiger partial charge < -0.3 is 5.73 Å². The van der Waals surface area contributed by atoms with E-state index in [1.54, 1.807) is 18.2 Å². The van der Waals surface area contributed by atoms with Crippen LogP contribution in [-0.4, -0.2) is 8.42 Å². The molecule has 2 aromatic rings. The van der Waals surface area contributed by atoms with E-state index in [1.807, 2.05) is 0 Å². The van der Waals surface area contributed by atoms with Crippen molar-refractivity contribution in [1.29, 1.82) is 0 Å². The summed E-state index contributed by atoms with van der Waals surface area (Å²) in [5.41, 5.74) is 6.02. The average Bonchev–Trinajstić information content (AvgIpc) is 2.37. The molecule has 0 spiro atoms. The molecule has 2 rings (SSSR count). The smallest absolute Gasteiger partial charge is 0.264 e. The maximum atomic E-state index is 13.9. The normalized spacial score (nSPS) is 11.4. The van der Waals surface area contributed by atoms with Crippen molar-refractivity contribution in [3.63, 3.8) is 0 Å². The predicted molar refractivity (Wildman–Crippen MR) is 91.2 cm³/mol. The molecule has 0 unspecified atom stereocenters. The number of hydrogen-bond donors (Lipinski definition) is 2. The molecule has 9 heteroatoms. The monoisotopic (exact) mass is 500 g/mol. The van der Waals surface area contributed by atoms with Crippen molar-refractivity contribution < 1.29 is 12.8 Å². The second-order valence-electron chi connectivity index (χ2n) is 4.03. The molecule has 4 nitrogen and oxygen atoms in total. The molecule has 0 aliphatic rings. The third kappa shape index (κ3) is 3.77. The molecule has 0 aliphatic heterocycles. The summed E-state index contributed by atoms with van der Waals surface area (Å²) < 4.78 is 42.3. The number of rotatable bonds is 3. The van der Waals surface area contributed by atoms with Gasteiger partial charge in [-0.25, -0.2) is 12.8 Å². The van der Waals surface area contributed by atoms with Crippen molar-refractivity contribution >= 4 is 69.2 Å². The maximum absolute atomic E-state index is 13.9. The van der Waals surface area contributed by atoms with Crippen LogP contribution in [0.1, 0.15) is 0 Å². The first-order chi connectivity index (χ1) is 9.70. The zero-order valence-corrected chi connectivity index (χ0v) is 15.8. The lowest BCUT2D eigenvalue weighted by molar-refractivity contribution is 0.570. The lowest BCUT2D eigenvalue weighted by atomic mass is 10.3. The standard InChI is InChI=1S/C12H8Br3FN2O2S/c13-6-1-2-7(14)11(3-6)18-21(19,20)12-5-10(17)8(15)4-9(12)16/h1-5,18H,17H2. The van der Waals surface area contributed by atoms with Gasteiger partial charge in [0.1, 0.15) is 10.7 Å². The molecular weight excluding hydrogens is 495 g/mol. The lowest BCUT2D eigenvalue weighted by Crippen LogP contribution is -2.15. The van der Waals surface area contributed by atoms with Crippen LogP contribution >= 0.6 is 47.8 Å². The molecule has 3 N–H and O–H groups in total. The molecule has 0 fully saturated rings. The summed E-state index contributed by atoms with van der Waals surface area (Å²) in [6.07, 6.45) is 0. The number of halogens is 4.